The molecule has 0 spiro atoms. The number of hydrogen-bond donors (Lipinski definition) is 2. The summed E-state index contributed by atoms with van der Waals surface area (Å²) < 4.78 is 18.3. The van der Waals surface area contributed by atoms with Crippen LogP contribution < -0.4 is 15.8 Å². The normalized spacial score (nSPS) is 10.7. The molecule has 4 nitrogen and oxygen atoms in total. The second kappa shape index (κ2) is 6.76. The van der Waals surface area contributed by atoms with Crippen LogP contribution in [0.25, 0.3) is 6.08 Å². The molecule has 2 aromatic carbocycles. The lowest BCUT2D eigenvalue weighted by Gasteiger charge is -2.09. The Balaban J connectivity index is 2.11. The number of benzene rings is 2. The molecule has 0 aliphatic heterocycles. The minimum atomic E-state index is -0.480. The van der Waals surface area contributed by atoms with Gasteiger partial charge in [0.25, 0.3) is 0 Å². The molecule has 5 heteroatoms. The van der Waals surface area contributed by atoms with Gasteiger partial charge in [0.15, 0.2) is 0 Å². The van der Waals surface area contributed by atoms with Gasteiger partial charge in [-0.3, -0.25) is 4.79 Å². The Hall–Kier alpha value is -2.82. The standard InChI is InChI=1S/C17H17FN2O2/c1-11-3-7-16(22-2)15(9-11)20-17(21)8-5-12-4-6-13(18)14(19)10-12/h3-10H,19H2,1-2H3,(H,20,21)/b8-5+. The van der Waals surface area contributed by atoms with Gasteiger partial charge in [-0.15, -0.1) is 0 Å². The van der Waals surface area contributed by atoms with Gasteiger partial charge in [0.05, 0.1) is 18.5 Å². The molecule has 0 heterocycles. The molecule has 2 aromatic rings. The molecule has 3 N–H and O–H groups in total. The molecule has 0 aliphatic rings. The van der Waals surface area contributed by atoms with E-state index in [1.54, 1.807) is 18.2 Å². The van der Waals surface area contributed by atoms with Gasteiger partial charge in [-0.2, -0.15) is 0 Å². The first-order valence-corrected chi connectivity index (χ1v) is 6.68. The van der Waals surface area contributed by atoms with Crippen molar-refractivity contribution in [2.45, 2.75) is 6.92 Å². The Kier molecular flexibility index (Phi) is 4.78. The van der Waals surface area contributed by atoms with E-state index in [0.29, 0.717) is 17.0 Å². The van der Waals surface area contributed by atoms with Crippen molar-refractivity contribution in [2.24, 2.45) is 0 Å². The summed E-state index contributed by atoms with van der Waals surface area (Å²) in [5, 5.41) is 2.74. The maximum absolute atomic E-state index is 13.1. The summed E-state index contributed by atoms with van der Waals surface area (Å²) in [6.07, 6.45) is 2.92. The van der Waals surface area contributed by atoms with Crippen LogP contribution in [0.2, 0.25) is 0 Å². The third-order valence-corrected chi connectivity index (χ3v) is 3.06. The summed E-state index contributed by atoms with van der Waals surface area (Å²) in [6, 6.07) is 9.77. The van der Waals surface area contributed by atoms with E-state index in [2.05, 4.69) is 5.32 Å². The van der Waals surface area contributed by atoms with E-state index in [-0.39, 0.29) is 11.6 Å². The zero-order valence-electron chi connectivity index (χ0n) is 12.4. The molecular weight excluding hydrogens is 283 g/mol. The second-order valence-corrected chi connectivity index (χ2v) is 4.81. The quantitative estimate of drug-likeness (QED) is 0.672. The SMILES string of the molecule is COc1ccc(C)cc1NC(=O)/C=C/c1ccc(F)c(N)c1. The summed E-state index contributed by atoms with van der Waals surface area (Å²) in [5.41, 5.74) is 7.77. The average Bonchev–Trinajstić information content (AvgIpc) is 2.49. The van der Waals surface area contributed by atoms with Crippen LogP contribution in [0.3, 0.4) is 0 Å². The van der Waals surface area contributed by atoms with Crippen molar-refractivity contribution in [3.63, 3.8) is 0 Å². The Labute approximate surface area is 128 Å². The number of amides is 1. The van der Waals surface area contributed by atoms with Gasteiger partial charge in [-0.05, 0) is 48.4 Å². The minimum Gasteiger partial charge on any atom is -0.495 e. The van der Waals surface area contributed by atoms with Crippen LogP contribution in [0, 0.1) is 12.7 Å². The van der Waals surface area contributed by atoms with Crippen molar-refractivity contribution in [3.05, 3.63) is 59.4 Å². The Morgan fingerprint density at radius 1 is 1.27 bits per heavy atom. The molecule has 0 aromatic heterocycles. The lowest BCUT2D eigenvalue weighted by Crippen LogP contribution is -2.09. The minimum absolute atomic E-state index is 0.0444. The van der Waals surface area contributed by atoms with E-state index in [9.17, 15) is 9.18 Å². The summed E-state index contributed by atoms with van der Waals surface area (Å²) in [7, 11) is 1.54. The number of carbonyl (C=O) groups is 1. The Morgan fingerprint density at radius 3 is 2.73 bits per heavy atom. The zero-order valence-corrected chi connectivity index (χ0v) is 12.4. The molecule has 0 atom stereocenters. The molecule has 0 saturated heterocycles. The number of carbonyl (C=O) groups excluding carboxylic acids is 1. The number of methoxy groups -OCH3 is 1. The molecule has 114 valence electrons. The number of nitrogens with one attached hydrogen (secondary N) is 1. The lowest BCUT2D eigenvalue weighted by atomic mass is 10.1. The highest BCUT2D eigenvalue weighted by Gasteiger charge is 2.05. The molecule has 22 heavy (non-hydrogen) atoms. The van der Waals surface area contributed by atoms with E-state index >= 15 is 0 Å². The van der Waals surface area contributed by atoms with Crippen LogP contribution >= 0.6 is 0 Å². The summed E-state index contributed by atoms with van der Waals surface area (Å²) >= 11 is 0. The Bertz CT molecular complexity index is 727. The molecular formula is C17H17FN2O2. The first-order chi connectivity index (χ1) is 10.5. The highest BCUT2D eigenvalue weighted by molar-refractivity contribution is 6.02. The van der Waals surface area contributed by atoms with Gasteiger partial charge in [-0.1, -0.05) is 12.1 Å². The highest BCUT2D eigenvalue weighted by Crippen LogP contribution is 2.25. The van der Waals surface area contributed by atoms with Gasteiger partial charge in [0.1, 0.15) is 11.6 Å². The van der Waals surface area contributed by atoms with E-state index in [4.69, 9.17) is 10.5 Å². The highest BCUT2D eigenvalue weighted by atomic mass is 19.1. The third kappa shape index (κ3) is 3.85. The number of nitrogen functional groups attached to an aromatic ring is 1. The maximum Gasteiger partial charge on any atom is 0.248 e. The monoisotopic (exact) mass is 300 g/mol. The van der Waals surface area contributed by atoms with Crippen LogP contribution in [0.4, 0.5) is 15.8 Å². The first-order valence-electron chi connectivity index (χ1n) is 6.68. The topological polar surface area (TPSA) is 64.3 Å². The van der Waals surface area contributed by atoms with Crippen molar-refractivity contribution in [1.29, 1.82) is 0 Å². The molecule has 0 aliphatic carbocycles. The van der Waals surface area contributed by atoms with Gasteiger partial charge in [0.2, 0.25) is 5.91 Å². The number of hydrogen-bond acceptors (Lipinski definition) is 3. The second-order valence-electron chi connectivity index (χ2n) is 4.81. The Morgan fingerprint density at radius 2 is 2.05 bits per heavy atom. The molecule has 2 rings (SSSR count). The summed E-state index contributed by atoms with van der Waals surface area (Å²) in [4.78, 5) is 12.0. The van der Waals surface area contributed by atoms with Gasteiger partial charge >= 0.3 is 0 Å². The molecule has 0 saturated carbocycles. The fourth-order valence-corrected chi connectivity index (χ4v) is 1.93. The predicted molar refractivity (Wildman–Crippen MR) is 86.2 cm³/mol. The van der Waals surface area contributed by atoms with Crippen LogP contribution in [-0.2, 0) is 4.79 Å². The molecule has 0 bridgehead atoms. The van der Waals surface area contributed by atoms with Crippen molar-refractivity contribution in [1.82, 2.24) is 0 Å². The van der Waals surface area contributed by atoms with E-state index in [1.165, 1.54) is 25.3 Å². The number of anilines is 2. The van der Waals surface area contributed by atoms with Crippen molar-refractivity contribution in [3.8, 4) is 5.75 Å². The number of halogens is 1. The number of rotatable bonds is 4. The van der Waals surface area contributed by atoms with Gasteiger partial charge in [-0.25, -0.2) is 4.39 Å². The molecule has 1 amide bonds. The first kappa shape index (κ1) is 15.6. The van der Waals surface area contributed by atoms with E-state index in [1.807, 2.05) is 19.1 Å². The predicted octanol–water partition coefficient (Wildman–Crippen LogP) is 3.38. The fraction of sp³-hybridized carbons (Fsp3) is 0.118. The summed E-state index contributed by atoms with van der Waals surface area (Å²) in [6.45, 7) is 1.92. The van der Waals surface area contributed by atoms with Crippen molar-refractivity contribution < 1.29 is 13.9 Å². The number of nitrogens with two attached hydrogens (primary N) is 1. The number of ether oxygens (including phenoxy) is 1. The third-order valence-electron chi connectivity index (χ3n) is 3.06. The molecule has 0 radical (unpaired) electrons. The van der Waals surface area contributed by atoms with Crippen molar-refractivity contribution >= 4 is 23.4 Å². The lowest BCUT2D eigenvalue weighted by molar-refractivity contribution is -0.111. The van der Waals surface area contributed by atoms with E-state index < -0.39 is 5.82 Å². The fourth-order valence-electron chi connectivity index (χ4n) is 1.93. The van der Waals surface area contributed by atoms with E-state index in [0.717, 1.165) is 5.56 Å². The average molecular weight is 300 g/mol. The van der Waals surface area contributed by atoms with Crippen molar-refractivity contribution in [2.75, 3.05) is 18.2 Å². The number of aryl methyl sites for hydroxylation is 1. The van der Waals surface area contributed by atoms with Crippen LogP contribution in [-0.4, -0.2) is 13.0 Å². The van der Waals surface area contributed by atoms with Crippen LogP contribution in [0.5, 0.6) is 5.75 Å². The van der Waals surface area contributed by atoms with Crippen LogP contribution in [0.1, 0.15) is 11.1 Å². The van der Waals surface area contributed by atoms with Crippen LogP contribution in [0.15, 0.2) is 42.5 Å². The maximum atomic E-state index is 13.1. The smallest absolute Gasteiger partial charge is 0.248 e. The van der Waals surface area contributed by atoms with Gasteiger partial charge in [0, 0.05) is 6.08 Å². The molecule has 0 unspecified atom stereocenters. The largest absolute Gasteiger partial charge is 0.495 e. The summed E-state index contributed by atoms with van der Waals surface area (Å²) in [5.74, 6) is -0.212. The zero-order chi connectivity index (χ0) is 16.1. The molecule has 0 fully saturated rings. The van der Waals surface area contributed by atoms with Gasteiger partial charge < -0.3 is 15.8 Å².